The molecule has 0 spiro atoms. The van der Waals surface area contributed by atoms with Crippen LogP contribution in [-0.2, 0) is 6.42 Å². The van der Waals surface area contributed by atoms with Crippen LogP contribution < -0.4 is 15.0 Å². The number of piperazine rings is 1. The number of rotatable bonds is 6. The summed E-state index contributed by atoms with van der Waals surface area (Å²) >= 11 is 0. The third-order valence-corrected chi connectivity index (χ3v) is 5.63. The van der Waals surface area contributed by atoms with E-state index in [4.69, 9.17) is 4.74 Å². The van der Waals surface area contributed by atoms with Gasteiger partial charge in [0.1, 0.15) is 5.75 Å². The first-order valence-corrected chi connectivity index (χ1v) is 11.1. The Balaban J connectivity index is 1.33. The van der Waals surface area contributed by atoms with Crippen LogP contribution in [0.3, 0.4) is 0 Å². The molecule has 32 heavy (non-hydrogen) atoms. The van der Waals surface area contributed by atoms with Crippen molar-refractivity contribution in [3.8, 4) is 17.0 Å². The summed E-state index contributed by atoms with van der Waals surface area (Å²) in [6.07, 6.45) is 1.02. The van der Waals surface area contributed by atoms with E-state index in [2.05, 4.69) is 51.6 Å². The molecular weight excluding hydrogens is 402 g/mol. The molecule has 1 fully saturated rings. The summed E-state index contributed by atoms with van der Waals surface area (Å²) in [4.78, 5) is 16.7. The van der Waals surface area contributed by atoms with Crippen LogP contribution in [-0.4, -0.2) is 53.9 Å². The third kappa shape index (κ3) is 4.99. The number of amides is 2. The van der Waals surface area contributed by atoms with Crippen LogP contribution in [0.2, 0.25) is 0 Å². The second-order valence-electron chi connectivity index (χ2n) is 7.66. The van der Waals surface area contributed by atoms with Crippen LogP contribution in [0.15, 0.2) is 60.7 Å². The molecule has 0 bridgehead atoms. The lowest BCUT2D eigenvalue weighted by atomic mass is 10.1. The van der Waals surface area contributed by atoms with Gasteiger partial charge in [-0.1, -0.05) is 43.3 Å². The number of carbonyl (C=O) groups is 1. The maximum atomic E-state index is 12.7. The molecule has 7 nitrogen and oxygen atoms in total. The lowest BCUT2D eigenvalue weighted by molar-refractivity contribution is 0.208. The molecule has 0 unspecified atom stereocenters. The molecule has 2 aromatic carbocycles. The first-order valence-electron chi connectivity index (χ1n) is 11.1. The highest BCUT2D eigenvalue weighted by molar-refractivity contribution is 5.91. The molecule has 2 amide bonds. The molecule has 0 radical (unpaired) electrons. The molecule has 166 valence electrons. The Bertz CT molecular complexity index is 1030. The maximum absolute atomic E-state index is 12.7. The van der Waals surface area contributed by atoms with Crippen LogP contribution in [0.5, 0.6) is 5.75 Å². The molecule has 4 rings (SSSR count). The quantitative estimate of drug-likeness (QED) is 0.624. The van der Waals surface area contributed by atoms with Crippen LogP contribution in [0.4, 0.5) is 16.3 Å². The molecule has 7 heteroatoms. The summed E-state index contributed by atoms with van der Waals surface area (Å²) in [7, 11) is 0. The van der Waals surface area contributed by atoms with Gasteiger partial charge < -0.3 is 19.9 Å². The molecule has 2 heterocycles. The number of nitrogens with zero attached hydrogens (tertiary/aromatic N) is 4. The molecule has 1 N–H and O–H groups in total. The number of aryl methyl sites for hydroxylation is 1. The van der Waals surface area contributed by atoms with Crippen molar-refractivity contribution < 1.29 is 9.53 Å². The van der Waals surface area contributed by atoms with E-state index in [9.17, 15) is 4.79 Å². The van der Waals surface area contributed by atoms with E-state index >= 15 is 0 Å². The van der Waals surface area contributed by atoms with E-state index in [-0.39, 0.29) is 6.03 Å². The van der Waals surface area contributed by atoms with Crippen molar-refractivity contribution in [2.24, 2.45) is 0 Å². The van der Waals surface area contributed by atoms with Crippen molar-refractivity contribution >= 4 is 17.5 Å². The van der Waals surface area contributed by atoms with Gasteiger partial charge in [0.05, 0.1) is 18.0 Å². The highest BCUT2D eigenvalue weighted by Gasteiger charge is 2.23. The van der Waals surface area contributed by atoms with Gasteiger partial charge in [-0.2, -0.15) is 0 Å². The topological polar surface area (TPSA) is 70.6 Å². The van der Waals surface area contributed by atoms with Gasteiger partial charge >= 0.3 is 6.03 Å². The van der Waals surface area contributed by atoms with Gasteiger partial charge in [0.15, 0.2) is 5.82 Å². The van der Waals surface area contributed by atoms with Crippen molar-refractivity contribution in [2.75, 3.05) is 43.0 Å². The van der Waals surface area contributed by atoms with E-state index < -0.39 is 0 Å². The number of benzene rings is 2. The summed E-state index contributed by atoms with van der Waals surface area (Å²) in [5, 5.41) is 11.8. The second kappa shape index (κ2) is 10.1. The van der Waals surface area contributed by atoms with Crippen molar-refractivity contribution in [3.05, 3.63) is 66.2 Å². The third-order valence-electron chi connectivity index (χ3n) is 5.63. The zero-order valence-corrected chi connectivity index (χ0v) is 18.6. The minimum absolute atomic E-state index is 0.117. The lowest BCUT2D eigenvalue weighted by Gasteiger charge is -2.35. The Morgan fingerprint density at radius 2 is 1.69 bits per heavy atom. The number of nitrogens with one attached hydrogen (secondary N) is 1. The predicted molar refractivity (Wildman–Crippen MR) is 127 cm³/mol. The highest BCUT2D eigenvalue weighted by Crippen LogP contribution is 2.24. The Hall–Kier alpha value is -3.61. The zero-order valence-electron chi connectivity index (χ0n) is 18.6. The minimum Gasteiger partial charge on any atom is -0.492 e. The van der Waals surface area contributed by atoms with Gasteiger partial charge in [-0.05, 0) is 43.2 Å². The van der Waals surface area contributed by atoms with Crippen LogP contribution in [0.25, 0.3) is 11.3 Å². The van der Waals surface area contributed by atoms with Crippen molar-refractivity contribution in [3.63, 3.8) is 0 Å². The Morgan fingerprint density at radius 3 is 2.34 bits per heavy atom. The van der Waals surface area contributed by atoms with Gasteiger partial charge in [-0.25, -0.2) is 4.79 Å². The first kappa shape index (κ1) is 21.6. The van der Waals surface area contributed by atoms with Crippen LogP contribution in [0, 0.1) is 0 Å². The summed E-state index contributed by atoms with van der Waals surface area (Å²) < 4.78 is 5.60. The molecule has 0 aliphatic carbocycles. The van der Waals surface area contributed by atoms with Gasteiger partial charge in [0.2, 0.25) is 0 Å². The maximum Gasteiger partial charge on any atom is 0.322 e. The SMILES string of the molecule is CCOc1ccccc1NC(=O)N1CCN(c2ccc(-c3ccc(CC)cc3)nn2)CC1. The first-order chi connectivity index (χ1) is 15.7. The second-order valence-corrected chi connectivity index (χ2v) is 7.66. The predicted octanol–water partition coefficient (Wildman–Crippen LogP) is 4.46. The molecule has 0 saturated carbocycles. The highest BCUT2D eigenvalue weighted by atomic mass is 16.5. The lowest BCUT2D eigenvalue weighted by Crippen LogP contribution is -2.50. The number of aromatic nitrogens is 2. The molecule has 1 aromatic heterocycles. The summed E-state index contributed by atoms with van der Waals surface area (Å²) in [6, 6.07) is 19.8. The van der Waals surface area contributed by atoms with E-state index in [1.165, 1.54) is 5.56 Å². The van der Waals surface area contributed by atoms with E-state index in [1.807, 2.05) is 48.2 Å². The molecular formula is C25H29N5O2. The molecule has 0 atom stereocenters. The van der Waals surface area contributed by atoms with Crippen molar-refractivity contribution in [1.82, 2.24) is 15.1 Å². The molecule has 1 saturated heterocycles. The Morgan fingerprint density at radius 1 is 0.938 bits per heavy atom. The largest absolute Gasteiger partial charge is 0.492 e. The van der Waals surface area contributed by atoms with Crippen molar-refractivity contribution in [1.29, 1.82) is 0 Å². The molecule has 3 aromatic rings. The van der Waals surface area contributed by atoms with E-state index in [0.29, 0.717) is 44.2 Å². The summed E-state index contributed by atoms with van der Waals surface area (Å²) in [5.41, 5.74) is 3.93. The van der Waals surface area contributed by atoms with Crippen LogP contribution >= 0.6 is 0 Å². The molecule has 1 aliphatic heterocycles. The average Bonchev–Trinajstić information content (AvgIpc) is 2.86. The number of ether oxygens (including phenoxy) is 1. The van der Waals surface area contributed by atoms with Gasteiger partial charge in [0, 0.05) is 31.7 Å². The Kier molecular flexibility index (Phi) is 6.84. The minimum atomic E-state index is -0.117. The summed E-state index contributed by atoms with van der Waals surface area (Å²) in [5.74, 6) is 1.52. The summed E-state index contributed by atoms with van der Waals surface area (Å²) in [6.45, 7) is 7.27. The fraction of sp³-hybridized carbons (Fsp3) is 0.320. The Labute approximate surface area is 189 Å². The number of para-hydroxylation sites is 2. The van der Waals surface area contributed by atoms with Crippen molar-refractivity contribution in [2.45, 2.75) is 20.3 Å². The molecule has 1 aliphatic rings. The van der Waals surface area contributed by atoms with E-state index in [0.717, 1.165) is 23.5 Å². The standard InChI is InChI=1S/C25H29N5O2/c1-3-19-9-11-20(12-10-19)21-13-14-24(28-27-21)29-15-17-30(18-16-29)25(31)26-22-7-5-6-8-23(22)32-4-2/h5-14H,3-4,15-18H2,1-2H3,(H,26,31). The monoisotopic (exact) mass is 431 g/mol. The van der Waals surface area contributed by atoms with E-state index in [1.54, 1.807) is 0 Å². The van der Waals surface area contributed by atoms with Gasteiger partial charge in [0.25, 0.3) is 0 Å². The number of urea groups is 1. The smallest absolute Gasteiger partial charge is 0.322 e. The van der Waals surface area contributed by atoms with Gasteiger partial charge in [-0.3, -0.25) is 0 Å². The fourth-order valence-electron chi connectivity index (χ4n) is 3.74. The average molecular weight is 432 g/mol. The van der Waals surface area contributed by atoms with Crippen LogP contribution in [0.1, 0.15) is 19.4 Å². The fourth-order valence-corrected chi connectivity index (χ4v) is 3.74. The number of hydrogen-bond donors (Lipinski definition) is 1. The van der Waals surface area contributed by atoms with Gasteiger partial charge in [-0.15, -0.1) is 10.2 Å². The zero-order chi connectivity index (χ0) is 22.3. The number of hydrogen-bond acceptors (Lipinski definition) is 5. The number of anilines is 2. The normalized spacial score (nSPS) is 13.7. The number of carbonyl (C=O) groups excluding carboxylic acids is 1.